The first kappa shape index (κ1) is 18.4. The molecule has 0 aliphatic carbocycles. The number of allylic oxidation sites excluding steroid dienone is 1. The number of nitrogens with zero attached hydrogens (tertiary/aromatic N) is 4. The molecule has 1 aliphatic heterocycles. The lowest BCUT2D eigenvalue weighted by Crippen LogP contribution is -2.31. The molecular weight excluding hydrogens is 372 g/mol. The second kappa shape index (κ2) is 7.19. The molecule has 0 spiro atoms. The van der Waals surface area contributed by atoms with Crippen molar-refractivity contribution >= 4 is 23.2 Å². The van der Waals surface area contributed by atoms with Gasteiger partial charge in [-0.25, -0.2) is 4.68 Å². The zero-order valence-corrected chi connectivity index (χ0v) is 15.8. The van der Waals surface area contributed by atoms with Gasteiger partial charge in [0.25, 0.3) is 11.6 Å². The van der Waals surface area contributed by atoms with Crippen molar-refractivity contribution in [2.24, 2.45) is 0 Å². The van der Waals surface area contributed by atoms with E-state index >= 15 is 0 Å². The third-order valence-corrected chi connectivity index (χ3v) is 4.83. The van der Waals surface area contributed by atoms with Crippen molar-refractivity contribution in [3.63, 3.8) is 0 Å². The summed E-state index contributed by atoms with van der Waals surface area (Å²) in [5.41, 5.74) is 3.15. The standard InChI is InChI=1S/C20H18N6O3/c1-12-6-3-4-9-16(12)24-19(27)17-13(2)23-20-21-11-22-25(20)18(17)14-7-5-8-15(10-14)26(28)29/h3-11,18H,1-2H3,(H,24,27)(H,21,22,23). The quantitative estimate of drug-likeness (QED) is 0.521. The van der Waals surface area contributed by atoms with E-state index in [1.165, 1.54) is 18.5 Å². The summed E-state index contributed by atoms with van der Waals surface area (Å²) in [5.74, 6) is 0.147. The van der Waals surface area contributed by atoms with Crippen LogP contribution in [0.15, 0.2) is 66.1 Å². The van der Waals surface area contributed by atoms with E-state index in [1.807, 2.05) is 31.2 Å². The lowest BCUT2D eigenvalue weighted by molar-refractivity contribution is -0.384. The number of hydrogen-bond donors (Lipinski definition) is 2. The third kappa shape index (κ3) is 3.33. The Morgan fingerprint density at radius 2 is 2.00 bits per heavy atom. The van der Waals surface area contributed by atoms with Crippen molar-refractivity contribution < 1.29 is 9.72 Å². The highest BCUT2D eigenvalue weighted by Gasteiger charge is 2.34. The van der Waals surface area contributed by atoms with E-state index in [0.29, 0.717) is 28.5 Å². The van der Waals surface area contributed by atoms with E-state index in [2.05, 4.69) is 20.7 Å². The number of aryl methyl sites for hydroxylation is 1. The van der Waals surface area contributed by atoms with Crippen molar-refractivity contribution in [2.45, 2.75) is 19.9 Å². The molecule has 4 rings (SSSR count). The third-order valence-electron chi connectivity index (χ3n) is 4.83. The van der Waals surface area contributed by atoms with Crippen LogP contribution in [-0.2, 0) is 4.79 Å². The van der Waals surface area contributed by atoms with Gasteiger partial charge in [0, 0.05) is 23.5 Å². The van der Waals surface area contributed by atoms with E-state index < -0.39 is 11.0 Å². The molecule has 0 radical (unpaired) electrons. The number of nitro benzene ring substituents is 1. The van der Waals surface area contributed by atoms with Crippen LogP contribution in [0.4, 0.5) is 17.3 Å². The minimum absolute atomic E-state index is 0.0565. The van der Waals surface area contributed by atoms with E-state index in [1.54, 1.807) is 23.7 Å². The van der Waals surface area contributed by atoms with Gasteiger partial charge in [-0.05, 0) is 31.0 Å². The smallest absolute Gasteiger partial charge is 0.269 e. The Balaban J connectivity index is 1.80. The SMILES string of the molecule is CC1=C(C(=O)Nc2ccccc2C)C(c2cccc([N+](=O)[O-])c2)n2ncnc2N1. The van der Waals surface area contributed by atoms with Crippen LogP contribution in [0.2, 0.25) is 0 Å². The summed E-state index contributed by atoms with van der Waals surface area (Å²) in [4.78, 5) is 28.2. The Labute approximate surface area is 166 Å². The first-order valence-corrected chi connectivity index (χ1v) is 8.94. The Hall–Kier alpha value is -4.01. The number of amides is 1. The van der Waals surface area contributed by atoms with Gasteiger partial charge in [0.2, 0.25) is 5.95 Å². The lowest BCUT2D eigenvalue weighted by Gasteiger charge is -2.28. The van der Waals surface area contributed by atoms with Crippen molar-refractivity contribution in [3.8, 4) is 0 Å². The summed E-state index contributed by atoms with van der Waals surface area (Å²) in [6.07, 6.45) is 1.38. The number of anilines is 2. The van der Waals surface area contributed by atoms with Crippen LogP contribution in [0.1, 0.15) is 24.1 Å². The predicted octanol–water partition coefficient (Wildman–Crippen LogP) is 3.42. The maximum absolute atomic E-state index is 13.3. The fourth-order valence-electron chi connectivity index (χ4n) is 3.40. The van der Waals surface area contributed by atoms with Crippen molar-refractivity contribution in [1.29, 1.82) is 0 Å². The highest BCUT2D eigenvalue weighted by atomic mass is 16.6. The number of hydrogen-bond acceptors (Lipinski definition) is 6. The van der Waals surface area contributed by atoms with Crippen molar-refractivity contribution in [2.75, 3.05) is 10.6 Å². The number of nitro groups is 1. The van der Waals surface area contributed by atoms with Crippen molar-refractivity contribution in [1.82, 2.24) is 14.8 Å². The Morgan fingerprint density at radius 1 is 1.21 bits per heavy atom. The van der Waals surface area contributed by atoms with Gasteiger partial charge in [-0.1, -0.05) is 30.3 Å². The molecule has 146 valence electrons. The van der Waals surface area contributed by atoms with Gasteiger partial charge in [0.1, 0.15) is 12.4 Å². The minimum atomic E-state index is -0.655. The summed E-state index contributed by atoms with van der Waals surface area (Å²) in [6, 6.07) is 13.0. The highest BCUT2D eigenvalue weighted by molar-refractivity contribution is 6.06. The summed E-state index contributed by atoms with van der Waals surface area (Å²) >= 11 is 0. The van der Waals surface area contributed by atoms with Gasteiger partial charge in [0.15, 0.2) is 0 Å². The number of carbonyl (C=O) groups is 1. The molecule has 9 nitrogen and oxygen atoms in total. The topological polar surface area (TPSA) is 115 Å². The Bertz CT molecular complexity index is 1150. The average Bonchev–Trinajstić information content (AvgIpc) is 3.16. The Morgan fingerprint density at radius 3 is 2.76 bits per heavy atom. The van der Waals surface area contributed by atoms with Crippen LogP contribution in [0.3, 0.4) is 0 Å². The monoisotopic (exact) mass is 390 g/mol. The highest BCUT2D eigenvalue weighted by Crippen LogP contribution is 2.36. The van der Waals surface area contributed by atoms with E-state index in [0.717, 1.165) is 5.56 Å². The van der Waals surface area contributed by atoms with Gasteiger partial charge >= 0.3 is 0 Å². The zero-order valence-electron chi connectivity index (χ0n) is 15.8. The van der Waals surface area contributed by atoms with Gasteiger partial charge < -0.3 is 10.6 Å². The summed E-state index contributed by atoms with van der Waals surface area (Å²) < 4.78 is 1.55. The molecule has 0 saturated carbocycles. The molecule has 2 aromatic carbocycles. The first-order valence-electron chi connectivity index (χ1n) is 8.94. The van der Waals surface area contributed by atoms with Gasteiger partial charge in [0.05, 0.1) is 10.5 Å². The summed E-state index contributed by atoms with van der Waals surface area (Å²) in [5, 5.41) is 21.5. The molecule has 3 aromatic rings. The molecule has 1 unspecified atom stereocenters. The van der Waals surface area contributed by atoms with E-state index in [-0.39, 0.29) is 11.6 Å². The zero-order chi connectivity index (χ0) is 20.5. The number of benzene rings is 2. The number of nitrogens with one attached hydrogen (secondary N) is 2. The molecule has 1 amide bonds. The largest absolute Gasteiger partial charge is 0.328 e. The van der Waals surface area contributed by atoms with Crippen LogP contribution in [0.25, 0.3) is 0 Å². The Kier molecular flexibility index (Phi) is 4.55. The van der Waals surface area contributed by atoms with Gasteiger partial charge in [-0.3, -0.25) is 14.9 Å². The van der Waals surface area contributed by atoms with Crippen LogP contribution in [0, 0.1) is 17.0 Å². The molecule has 2 heterocycles. The fourth-order valence-corrected chi connectivity index (χ4v) is 3.40. The predicted molar refractivity (Wildman–Crippen MR) is 107 cm³/mol. The van der Waals surface area contributed by atoms with E-state index in [4.69, 9.17) is 0 Å². The molecular formula is C20H18N6O3. The molecule has 9 heteroatoms. The number of rotatable bonds is 4. The number of para-hydroxylation sites is 1. The van der Waals surface area contributed by atoms with Gasteiger partial charge in [-0.2, -0.15) is 10.1 Å². The molecule has 0 saturated heterocycles. The van der Waals surface area contributed by atoms with E-state index in [9.17, 15) is 14.9 Å². The van der Waals surface area contributed by atoms with Crippen LogP contribution >= 0.6 is 0 Å². The maximum atomic E-state index is 13.3. The second-order valence-electron chi connectivity index (χ2n) is 6.72. The molecule has 1 atom stereocenters. The summed E-state index contributed by atoms with van der Waals surface area (Å²) in [6.45, 7) is 3.68. The molecule has 0 bridgehead atoms. The molecule has 0 fully saturated rings. The molecule has 29 heavy (non-hydrogen) atoms. The van der Waals surface area contributed by atoms with Crippen LogP contribution < -0.4 is 10.6 Å². The maximum Gasteiger partial charge on any atom is 0.269 e. The number of aromatic nitrogens is 3. The fraction of sp³-hybridized carbons (Fsp3) is 0.150. The second-order valence-corrected chi connectivity index (χ2v) is 6.72. The average molecular weight is 390 g/mol. The van der Waals surface area contributed by atoms with Crippen LogP contribution in [0.5, 0.6) is 0 Å². The van der Waals surface area contributed by atoms with Crippen LogP contribution in [-0.4, -0.2) is 25.6 Å². The first-order chi connectivity index (χ1) is 14.0. The molecule has 1 aromatic heterocycles. The number of carbonyl (C=O) groups excluding carboxylic acids is 1. The van der Waals surface area contributed by atoms with Gasteiger partial charge in [-0.15, -0.1) is 0 Å². The van der Waals surface area contributed by atoms with Crippen molar-refractivity contribution in [3.05, 3.63) is 87.4 Å². The number of non-ortho nitro benzene ring substituents is 1. The number of fused-ring (bicyclic) bond motifs is 1. The minimum Gasteiger partial charge on any atom is -0.328 e. The normalized spacial score (nSPS) is 15.4. The molecule has 2 N–H and O–H groups in total. The lowest BCUT2D eigenvalue weighted by atomic mass is 9.94. The molecule has 1 aliphatic rings. The summed E-state index contributed by atoms with van der Waals surface area (Å²) in [7, 11) is 0.